The molecule has 160 valence electrons. The number of hydrogen-bond donors (Lipinski definition) is 1. The second-order valence-electron chi connectivity index (χ2n) is 7.56. The Bertz CT molecular complexity index is 1150. The van der Waals surface area contributed by atoms with Crippen LogP contribution in [-0.2, 0) is 14.2 Å². The lowest BCUT2D eigenvalue weighted by molar-refractivity contribution is 0.0273. The van der Waals surface area contributed by atoms with Crippen molar-refractivity contribution in [2.75, 3.05) is 31.3 Å². The van der Waals surface area contributed by atoms with E-state index in [4.69, 9.17) is 30.5 Å². The number of nitrogens with zero attached hydrogens (tertiary/aromatic N) is 4. The first-order chi connectivity index (χ1) is 15.2. The quantitative estimate of drug-likeness (QED) is 0.654. The third-order valence-corrected chi connectivity index (χ3v) is 5.93. The van der Waals surface area contributed by atoms with Crippen molar-refractivity contribution in [3.8, 4) is 17.3 Å². The Morgan fingerprint density at radius 3 is 2.97 bits per heavy atom. The maximum absolute atomic E-state index is 11.7. The molecule has 0 bridgehead atoms. The normalized spacial score (nSPS) is 25.3. The number of ether oxygens (including phenoxy) is 4. The Morgan fingerprint density at radius 2 is 2.16 bits per heavy atom. The van der Waals surface area contributed by atoms with E-state index >= 15 is 0 Å². The molecule has 6 rings (SSSR count). The van der Waals surface area contributed by atoms with Gasteiger partial charge in [0.05, 0.1) is 35.5 Å². The van der Waals surface area contributed by atoms with Crippen molar-refractivity contribution < 1.29 is 23.7 Å². The molecule has 0 radical (unpaired) electrons. The number of carbonyl (C=O) groups is 1. The minimum absolute atomic E-state index is 0.0715. The standard InChI is InChI=1S/C20H18ClN5O5/c21-11-7-12-18(25-19(23-12)31-14-9-30-13-3-5-28-17(13)14)24-16(11)10-1-2-15(22-8-10)26-4-6-29-20(26)27/h1-2,7-8,13-14,17H,3-6,9H2,(H,23,24,25)/t13-,14?,17+/m1/s1. The molecule has 3 atom stereocenters. The summed E-state index contributed by atoms with van der Waals surface area (Å²) >= 11 is 6.48. The van der Waals surface area contributed by atoms with E-state index in [1.807, 2.05) is 6.07 Å². The summed E-state index contributed by atoms with van der Waals surface area (Å²) in [6, 6.07) is 5.65. The van der Waals surface area contributed by atoms with Gasteiger partial charge in [-0.3, -0.25) is 4.90 Å². The zero-order chi connectivity index (χ0) is 20.9. The number of amides is 1. The maximum Gasteiger partial charge on any atom is 0.415 e. The molecule has 6 heterocycles. The number of imidazole rings is 1. The molecule has 31 heavy (non-hydrogen) atoms. The van der Waals surface area contributed by atoms with Crippen LogP contribution in [0.5, 0.6) is 6.01 Å². The molecule has 1 amide bonds. The van der Waals surface area contributed by atoms with Crippen molar-refractivity contribution in [2.24, 2.45) is 0 Å². The van der Waals surface area contributed by atoms with Crippen LogP contribution in [0, 0.1) is 0 Å². The van der Waals surface area contributed by atoms with Crippen LogP contribution in [-0.4, -0.2) is 70.7 Å². The molecule has 1 N–H and O–H groups in total. The Hall–Kier alpha value is -2.95. The number of hydrogen-bond acceptors (Lipinski definition) is 8. The van der Waals surface area contributed by atoms with Gasteiger partial charge in [0.1, 0.15) is 18.5 Å². The monoisotopic (exact) mass is 443 g/mol. The molecular weight excluding hydrogens is 426 g/mol. The van der Waals surface area contributed by atoms with Gasteiger partial charge in [-0.1, -0.05) is 11.6 Å². The number of anilines is 1. The Morgan fingerprint density at radius 1 is 1.23 bits per heavy atom. The van der Waals surface area contributed by atoms with Crippen LogP contribution in [0.25, 0.3) is 22.4 Å². The van der Waals surface area contributed by atoms with Gasteiger partial charge in [0.2, 0.25) is 0 Å². The second kappa shape index (κ2) is 7.33. The number of pyridine rings is 2. The van der Waals surface area contributed by atoms with E-state index < -0.39 is 6.09 Å². The summed E-state index contributed by atoms with van der Waals surface area (Å²) in [6.45, 7) is 1.98. The van der Waals surface area contributed by atoms with Crippen molar-refractivity contribution in [3.05, 3.63) is 29.4 Å². The van der Waals surface area contributed by atoms with Gasteiger partial charge in [-0.2, -0.15) is 4.98 Å². The SMILES string of the molecule is O=C1OCCN1c1ccc(-c2nc3nc(OC4CO[C@@H]5CCO[C@H]45)[nH]c3cc2Cl)cn1. The van der Waals surface area contributed by atoms with Crippen LogP contribution in [0.3, 0.4) is 0 Å². The van der Waals surface area contributed by atoms with Crippen molar-refractivity contribution in [1.82, 2.24) is 19.9 Å². The lowest BCUT2D eigenvalue weighted by atomic mass is 10.1. The highest BCUT2D eigenvalue weighted by atomic mass is 35.5. The first kappa shape index (κ1) is 18.8. The Labute approximate surface area is 181 Å². The molecule has 10 nitrogen and oxygen atoms in total. The van der Waals surface area contributed by atoms with E-state index in [2.05, 4.69) is 19.9 Å². The van der Waals surface area contributed by atoms with Gasteiger partial charge in [0, 0.05) is 18.4 Å². The lowest BCUT2D eigenvalue weighted by Gasteiger charge is -2.15. The third kappa shape index (κ3) is 3.27. The Kier molecular flexibility index (Phi) is 4.44. The summed E-state index contributed by atoms with van der Waals surface area (Å²) in [5.74, 6) is 0.519. The van der Waals surface area contributed by atoms with Gasteiger partial charge in [-0.25, -0.2) is 14.8 Å². The fourth-order valence-corrected chi connectivity index (χ4v) is 4.38. The van der Waals surface area contributed by atoms with Gasteiger partial charge in [0.25, 0.3) is 6.01 Å². The topological polar surface area (TPSA) is 112 Å². The van der Waals surface area contributed by atoms with Crippen LogP contribution >= 0.6 is 11.6 Å². The zero-order valence-electron chi connectivity index (χ0n) is 16.3. The molecule has 0 aliphatic carbocycles. The molecule has 1 unspecified atom stereocenters. The fourth-order valence-electron chi connectivity index (χ4n) is 4.12. The summed E-state index contributed by atoms with van der Waals surface area (Å²) in [7, 11) is 0. The number of aromatic amines is 1. The average Bonchev–Trinajstić information content (AvgIpc) is 3.54. The Balaban J connectivity index is 1.26. The molecule has 3 aliphatic heterocycles. The van der Waals surface area contributed by atoms with Crippen molar-refractivity contribution >= 4 is 34.7 Å². The molecule has 3 saturated heterocycles. The molecule has 11 heteroatoms. The molecular formula is C20H18ClN5O5. The molecule has 3 aliphatic rings. The highest BCUT2D eigenvalue weighted by Crippen LogP contribution is 2.32. The number of cyclic esters (lactones) is 1. The van der Waals surface area contributed by atoms with Gasteiger partial charge in [-0.05, 0) is 24.6 Å². The van der Waals surface area contributed by atoms with E-state index in [1.54, 1.807) is 18.3 Å². The molecule has 3 fully saturated rings. The smallest absolute Gasteiger partial charge is 0.415 e. The molecule has 0 aromatic carbocycles. The van der Waals surface area contributed by atoms with Gasteiger partial charge < -0.3 is 23.9 Å². The molecule has 0 saturated carbocycles. The molecule has 3 aromatic heterocycles. The molecule has 0 spiro atoms. The van der Waals surface area contributed by atoms with E-state index in [9.17, 15) is 4.79 Å². The van der Waals surface area contributed by atoms with Gasteiger partial charge in [-0.15, -0.1) is 0 Å². The minimum atomic E-state index is -0.399. The minimum Gasteiger partial charge on any atom is -0.456 e. The predicted octanol–water partition coefficient (Wildman–Crippen LogP) is 2.57. The number of nitrogens with one attached hydrogen (secondary N) is 1. The van der Waals surface area contributed by atoms with Crippen LogP contribution in [0.1, 0.15) is 6.42 Å². The van der Waals surface area contributed by atoms with Crippen LogP contribution in [0.2, 0.25) is 5.02 Å². The van der Waals surface area contributed by atoms with E-state index in [0.29, 0.717) is 65.6 Å². The fraction of sp³-hybridized carbons (Fsp3) is 0.400. The first-order valence-corrected chi connectivity index (χ1v) is 10.4. The van der Waals surface area contributed by atoms with Crippen molar-refractivity contribution in [2.45, 2.75) is 24.7 Å². The summed E-state index contributed by atoms with van der Waals surface area (Å²) in [6.07, 6.45) is 1.92. The van der Waals surface area contributed by atoms with Crippen LogP contribution in [0.4, 0.5) is 10.6 Å². The number of rotatable bonds is 4. The average molecular weight is 444 g/mol. The maximum atomic E-state index is 11.7. The van der Waals surface area contributed by atoms with Gasteiger partial charge >= 0.3 is 6.09 Å². The summed E-state index contributed by atoms with van der Waals surface area (Å²) in [5.41, 5.74) is 2.39. The summed E-state index contributed by atoms with van der Waals surface area (Å²) < 4.78 is 22.4. The number of H-pyrrole nitrogens is 1. The molecule has 3 aromatic rings. The number of carbonyl (C=O) groups excluding carboxylic acids is 1. The van der Waals surface area contributed by atoms with E-state index in [1.165, 1.54) is 4.90 Å². The van der Waals surface area contributed by atoms with Crippen molar-refractivity contribution in [1.29, 1.82) is 0 Å². The number of aromatic nitrogens is 4. The first-order valence-electron chi connectivity index (χ1n) is 10.0. The predicted molar refractivity (Wildman–Crippen MR) is 109 cm³/mol. The highest BCUT2D eigenvalue weighted by molar-refractivity contribution is 6.33. The largest absolute Gasteiger partial charge is 0.456 e. The second-order valence-corrected chi connectivity index (χ2v) is 7.96. The lowest BCUT2D eigenvalue weighted by Crippen LogP contribution is -2.32. The number of fused-ring (bicyclic) bond motifs is 2. The van der Waals surface area contributed by atoms with E-state index in [-0.39, 0.29) is 18.3 Å². The van der Waals surface area contributed by atoms with E-state index in [0.717, 1.165) is 6.42 Å². The summed E-state index contributed by atoms with van der Waals surface area (Å²) in [4.78, 5) is 29.7. The third-order valence-electron chi connectivity index (χ3n) is 5.65. The van der Waals surface area contributed by atoms with Crippen LogP contribution < -0.4 is 9.64 Å². The highest BCUT2D eigenvalue weighted by Gasteiger charge is 2.43. The van der Waals surface area contributed by atoms with Crippen molar-refractivity contribution in [3.63, 3.8) is 0 Å². The summed E-state index contributed by atoms with van der Waals surface area (Å²) in [5, 5.41) is 0.446. The van der Waals surface area contributed by atoms with Crippen LogP contribution in [0.15, 0.2) is 24.4 Å². The van der Waals surface area contributed by atoms with Gasteiger partial charge in [0.15, 0.2) is 11.8 Å². The zero-order valence-corrected chi connectivity index (χ0v) is 17.0. The number of halogens is 1.